The molecule has 2 aromatic carbocycles. The van der Waals surface area contributed by atoms with Crippen LogP contribution in [0, 0.1) is 12.7 Å². The maximum absolute atomic E-state index is 13.3. The first-order chi connectivity index (χ1) is 10.1. The van der Waals surface area contributed by atoms with Crippen molar-refractivity contribution < 1.29 is 9.13 Å². The van der Waals surface area contributed by atoms with Crippen molar-refractivity contribution in [3.05, 3.63) is 59.4 Å². The van der Waals surface area contributed by atoms with Crippen molar-refractivity contribution in [1.29, 1.82) is 0 Å². The van der Waals surface area contributed by atoms with E-state index in [1.165, 1.54) is 12.1 Å². The summed E-state index contributed by atoms with van der Waals surface area (Å²) in [7, 11) is 3.62. The van der Waals surface area contributed by atoms with Gasteiger partial charge in [0.15, 0.2) is 0 Å². The lowest BCUT2D eigenvalue weighted by Crippen LogP contribution is -2.31. The number of rotatable bonds is 5. The summed E-state index contributed by atoms with van der Waals surface area (Å²) < 4.78 is 18.7. The molecule has 0 aliphatic carbocycles. The molecule has 0 saturated heterocycles. The molecule has 0 radical (unpaired) electrons. The average Bonchev–Trinajstić information content (AvgIpc) is 2.49. The zero-order chi connectivity index (χ0) is 15.4. The number of para-hydroxylation sites is 2. The summed E-state index contributed by atoms with van der Waals surface area (Å²) in [5.74, 6) is 0.560. The SMILES string of the molecule is COc1ccccc1N(C)C(CN)c1ccc(F)cc1C. The smallest absolute Gasteiger partial charge is 0.142 e. The number of halogens is 1. The van der Waals surface area contributed by atoms with Crippen LogP contribution in [0.1, 0.15) is 17.2 Å². The van der Waals surface area contributed by atoms with Gasteiger partial charge in [-0.1, -0.05) is 18.2 Å². The van der Waals surface area contributed by atoms with E-state index in [9.17, 15) is 4.39 Å². The number of hydrogen-bond acceptors (Lipinski definition) is 3. The maximum Gasteiger partial charge on any atom is 0.142 e. The lowest BCUT2D eigenvalue weighted by atomic mass is 9.99. The predicted octanol–water partition coefficient (Wildman–Crippen LogP) is 3.28. The van der Waals surface area contributed by atoms with Crippen molar-refractivity contribution in [2.75, 3.05) is 25.6 Å². The van der Waals surface area contributed by atoms with Gasteiger partial charge in [0.25, 0.3) is 0 Å². The molecule has 0 saturated carbocycles. The quantitative estimate of drug-likeness (QED) is 0.917. The topological polar surface area (TPSA) is 38.5 Å². The first-order valence-electron chi connectivity index (χ1n) is 6.90. The van der Waals surface area contributed by atoms with Crippen molar-refractivity contribution in [3.63, 3.8) is 0 Å². The van der Waals surface area contributed by atoms with E-state index >= 15 is 0 Å². The number of hydrogen-bond donors (Lipinski definition) is 1. The molecule has 21 heavy (non-hydrogen) atoms. The third kappa shape index (κ3) is 3.16. The summed E-state index contributed by atoms with van der Waals surface area (Å²) in [6, 6.07) is 12.6. The summed E-state index contributed by atoms with van der Waals surface area (Å²) in [5, 5.41) is 0. The van der Waals surface area contributed by atoms with Gasteiger partial charge in [-0.05, 0) is 42.3 Å². The van der Waals surface area contributed by atoms with Gasteiger partial charge >= 0.3 is 0 Å². The van der Waals surface area contributed by atoms with Crippen molar-refractivity contribution in [1.82, 2.24) is 0 Å². The Balaban J connectivity index is 2.40. The molecule has 0 aliphatic rings. The first kappa shape index (κ1) is 15.3. The van der Waals surface area contributed by atoms with Crippen LogP contribution in [0.3, 0.4) is 0 Å². The fourth-order valence-corrected chi connectivity index (χ4v) is 2.60. The summed E-state index contributed by atoms with van der Waals surface area (Å²) in [6.45, 7) is 2.33. The Morgan fingerprint density at radius 1 is 1.24 bits per heavy atom. The van der Waals surface area contributed by atoms with Gasteiger partial charge in [0.2, 0.25) is 0 Å². The number of likely N-dealkylation sites (N-methyl/N-ethyl adjacent to an activating group) is 1. The lowest BCUT2D eigenvalue weighted by Gasteiger charge is -2.31. The molecule has 0 spiro atoms. The maximum atomic E-state index is 13.3. The van der Waals surface area contributed by atoms with E-state index in [-0.39, 0.29) is 11.9 Å². The van der Waals surface area contributed by atoms with Gasteiger partial charge in [0.05, 0.1) is 18.8 Å². The third-order valence-corrected chi connectivity index (χ3v) is 3.75. The number of anilines is 1. The van der Waals surface area contributed by atoms with Crippen LogP contribution in [0.25, 0.3) is 0 Å². The van der Waals surface area contributed by atoms with E-state index in [4.69, 9.17) is 10.5 Å². The Morgan fingerprint density at radius 3 is 2.57 bits per heavy atom. The number of nitrogens with two attached hydrogens (primary N) is 1. The third-order valence-electron chi connectivity index (χ3n) is 3.75. The highest BCUT2D eigenvalue weighted by Crippen LogP contribution is 2.33. The van der Waals surface area contributed by atoms with Gasteiger partial charge in [-0.3, -0.25) is 0 Å². The lowest BCUT2D eigenvalue weighted by molar-refractivity contribution is 0.413. The molecule has 2 N–H and O–H groups in total. The molecule has 1 atom stereocenters. The summed E-state index contributed by atoms with van der Waals surface area (Å²) in [5.41, 5.74) is 8.84. The number of aryl methyl sites for hydroxylation is 1. The number of methoxy groups -OCH3 is 1. The van der Waals surface area contributed by atoms with Gasteiger partial charge in [-0.15, -0.1) is 0 Å². The standard InChI is InChI=1S/C17H21FN2O/c1-12-10-13(18)8-9-14(12)16(11-19)20(2)15-6-4-5-7-17(15)21-3/h4-10,16H,11,19H2,1-3H3. The Hall–Kier alpha value is -2.07. The van der Waals surface area contributed by atoms with E-state index in [1.54, 1.807) is 13.2 Å². The molecular formula is C17H21FN2O. The van der Waals surface area contributed by atoms with Crippen LogP contribution in [-0.4, -0.2) is 20.7 Å². The molecular weight excluding hydrogens is 267 g/mol. The van der Waals surface area contributed by atoms with Crippen molar-refractivity contribution >= 4 is 5.69 Å². The second-order valence-corrected chi connectivity index (χ2v) is 5.04. The van der Waals surface area contributed by atoms with Crippen LogP contribution in [0.2, 0.25) is 0 Å². The summed E-state index contributed by atoms with van der Waals surface area (Å²) >= 11 is 0. The minimum Gasteiger partial charge on any atom is -0.495 e. The fraction of sp³-hybridized carbons (Fsp3) is 0.294. The van der Waals surface area contributed by atoms with Gasteiger partial charge < -0.3 is 15.4 Å². The molecule has 4 heteroatoms. The van der Waals surface area contributed by atoms with Gasteiger partial charge in [-0.25, -0.2) is 4.39 Å². The predicted molar refractivity (Wildman–Crippen MR) is 84.3 cm³/mol. The highest BCUT2D eigenvalue weighted by atomic mass is 19.1. The van der Waals surface area contributed by atoms with Crippen LogP contribution < -0.4 is 15.4 Å². The van der Waals surface area contributed by atoms with Crippen LogP contribution in [0.5, 0.6) is 5.75 Å². The highest BCUT2D eigenvalue weighted by molar-refractivity contribution is 5.59. The number of nitrogens with zero attached hydrogens (tertiary/aromatic N) is 1. The molecule has 2 rings (SSSR count). The Labute approximate surface area is 125 Å². The van der Waals surface area contributed by atoms with E-state index in [0.29, 0.717) is 6.54 Å². The second-order valence-electron chi connectivity index (χ2n) is 5.04. The van der Waals surface area contributed by atoms with Crippen molar-refractivity contribution in [2.45, 2.75) is 13.0 Å². The monoisotopic (exact) mass is 288 g/mol. The zero-order valence-corrected chi connectivity index (χ0v) is 12.6. The number of ether oxygens (including phenoxy) is 1. The van der Waals surface area contributed by atoms with E-state index < -0.39 is 0 Å². The minimum atomic E-state index is -0.230. The summed E-state index contributed by atoms with van der Waals surface area (Å²) in [6.07, 6.45) is 0. The van der Waals surface area contributed by atoms with Crippen LogP contribution in [-0.2, 0) is 0 Å². The van der Waals surface area contributed by atoms with E-state index in [1.807, 2.05) is 38.2 Å². The molecule has 2 aromatic rings. The van der Waals surface area contributed by atoms with Crippen molar-refractivity contribution in [3.8, 4) is 5.75 Å². The van der Waals surface area contributed by atoms with Crippen LogP contribution >= 0.6 is 0 Å². The normalized spacial score (nSPS) is 12.0. The summed E-state index contributed by atoms with van der Waals surface area (Å²) in [4.78, 5) is 2.07. The molecule has 1 unspecified atom stereocenters. The Bertz CT molecular complexity index is 615. The van der Waals surface area contributed by atoms with Gasteiger partial charge in [0.1, 0.15) is 11.6 Å². The van der Waals surface area contributed by atoms with Gasteiger partial charge in [0, 0.05) is 13.6 Å². The molecule has 0 bridgehead atoms. The average molecular weight is 288 g/mol. The van der Waals surface area contributed by atoms with Crippen LogP contribution in [0.4, 0.5) is 10.1 Å². The Kier molecular flexibility index (Phi) is 4.81. The molecule has 3 nitrogen and oxygen atoms in total. The number of benzene rings is 2. The molecule has 112 valence electrons. The van der Waals surface area contributed by atoms with Crippen LogP contribution in [0.15, 0.2) is 42.5 Å². The Morgan fingerprint density at radius 2 is 1.95 bits per heavy atom. The van der Waals surface area contributed by atoms with Crippen molar-refractivity contribution in [2.24, 2.45) is 5.73 Å². The largest absolute Gasteiger partial charge is 0.495 e. The van der Waals surface area contributed by atoms with Gasteiger partial charge in [-0.2, -0.15) is 0 Å². The molecule has 0 amide bonds. The zero-order valence-electron chi connectivity index (χ0n) is 12.6. The molecule has 0 aromatic heterocycles. The first-order valence-corrected chi connectivity index (χ1v) is 6.90. The van der Waals surface area contributed by atoms with E-state index in [2.05, 4.69) is 4.90 Å². The molecule has 0 fully saturated rings. The van der Waals surface area contributed by atoms with E-state index in [0.717, 1.165) is 22.6 Å². The molecule has 0 aliphatic heterocycles. The highest BCUT2D eigenvalue weighted by Gasteiger charge is 2.20. The minimum absolute atomic E-state index is 0.0399. The fourth-order valence-electron chi connectivity index (χ4n) is 2.60. The second kappa shape index (κ2) is 6.59. The molecule has 0 heterocycles.